The molecule has 2 saturated heterocycles. The van der Waals surface area contributed by atoms with Crippen molar-refractivity contribution in [2.75, 3.05) is 18.1 Å². The molecular formula is C16H17NO4S3. The Morgan fingerprint density at radius 3 is 2.67 bits per heavy atom. The van der Waals surface area contributed by atoms with Crippen LogP contribution in [0.25, 0.3) is 6.08 Å². The van der Waals surface area contributed by atoms with Gasteiger partial charge >= 0.3 is 0 Å². The van der Waals surface area contributed by atoms with E-state index in [9.17, 15) is 13.2 Å². The van der Waals surface area contributed by atoms with Crippen LogP contribution in [0, 0.1) is 0 Å². The van der Waals surface area contributed by atoms with Gasteiger partial charge in [0, 0.05) is 0 Å². The molecule has 0 aromatic heterocycles. The van der Waals surface area contributed by atoms with Gasteiger partial charge in [0.2, 0.25) is 0 Å². The van der Waals surface area contributed by atoms with E-state index in [-0.39, 0.29) is 23.5 Å². The number of nitrogens with zero attached hydrogens (tertiary/aromatic N) is 1. The highest BCUT2D eigenvalue weighted by atomic mass is 32.2. The van der Waals surface area contributed by atoms with Gasteiger partial charge in [-0.3, -0.25) is 9.69 Å². The molecule has 1 aromatic carbocycles. The Bertz CT molecular complexity index is 799. The molecule has 0 saturated carbocycles. The molecule has 0 N–H and O–H groups in total. The number of sulfone groups is 1. The van der Waals surface area contributed by atoms with Crippen molar-refractivity contribution in [2.24, 2.45) is 0 Å². The maximum atomic E-state index is 12.6. The molecule has 0 aliphatic carbocycles. The summed E-state index contributed by atoms with van der Waals surface area (Å²) in [6.07, 6.45) is 2.23. The summed E-state index contributed by atoms with van der Waals surface area (Å²) in [7, 11) is -3.06. The minimum atomic E-state index is -3.06. The van der Waals surface area contributed by atoms with Gasteiger partial charge in [0.25, 0.3) is 5.91 Å². The van der Waals surface area contributed by atoms with E-state index in [1.165, 1.54) is 16.7 Å². The average molecular weight is 384 g/mol. The molecule has 3 rings (SSSR count). The zero-order chi connectivity index (χ0) is 17.3. The standard InChI is InChI=1S/C16H17NO4S3/c1-2-21-13-5-3-11(4-6-13)9-14-15(18)17(16(22)23-14)12-7-8-24(19,20)10-12/h3-6,9,12H,2,7-8,10H2,1H3. The van der Waals surface area contributed by atoms with Crippen molar-refractivity contribution in [1.82, 2.24) is 4.90 Å². The van der Waals surface area contributed by atoms with Gasteiger partial charge in [-0.25, -0.2) is 8.42 Å². The number of carbonyl (C=O) groups is 1. The Morgan fingerprint density at radius 2 is 2.08 bits per heavy atom. The van der Waals surface area contributed by atoms with Crippen molar-refractivity contribution in [1.29, 1.82) is 0 Å². The third kappa shape index (κ3) is 3.65. The first-order valence-electron chi connectivity index (χ1n) is 7.60. The highest BCUT2D eigenvalue weighted by Crippen LogP contribution is 2.36. The third-order valence-corrected chi connectivity index (χ3v) is 6.97. The molecule has 1 aromatic rings. The lowest BCUT2D eigenvalue weighted by Gasteiger charge is -2.20. The van der Waals surface area contributed by atoms with Gasteiger partial charge in [-0.2, -0.15) is 0 Å². The van der Waals surface area contributed by atoms with E-state index < -0.39 is 9.84 Å². The fraction of sp³-hybridized carbons (Fsp3) is 0.375. The number of benzene rings is 1. The first kappa shape index (κ1) is 17.4. The third-order valence-electron chi connectivity index (χ3n) is 3.89. The maximum Gasteiger partial charge on any atom is 0.266 e. The summed E-state index contributed by atoms with van der Waals surface area (Å²) in [5.74, 6) is 0.682. The van der Waals surface area contributed by atoms with E-state index in [4.69, 9.17) is 17.0 Å². The van der Waals surface area contributed by atoms with Crippen LogP contribution >= 0.6 is 24.0 Å². The predicted molar refractivity (Wildman–Crippen MR) is 99.7 cm³/mol. The first-order chi connectivity index (χ1) is 11.4. The van der Waals surface area contributed by atoms with Crippen LogP contribution in [0.1, 0.15) is 18.9 Å². The lowest BCUT2D eigenvalue weighted by atomic mass is 10.2. The Labute approximate surface area is 151 Å². The number of ether oxygens (including phenoxy) is 1. The summed E-state index contributed by atoms with van der Waals surface area (Å²) in [4.78, 5) is 14.6. The Balaban J connectivity index is 1.78. The number of carbonyl (C=O) groups excluding carboxylic acids is 1. The van der Waals surface area contributed by atoms with Crippen LogP contribution < -0.4 is 4.74 Å². The van der Waals surface area contributed by atoms with E-state index in [1.54, 1.807) is 6.08 Å². The van der Waals surface area contributed by atoms with Gasteiger partial charge in [0.05, 0.1) is 29.1 Å². The quantitative estimate of drug-likeness (QED) is 0.588. The van der Waals surface area contributed by atoms with E-state index in [0.717, 1.165) is 11.3 Å². The molecule has 5 nitrogen and oxygen atoms in total. The molecule has 1 atom stereocenters. The minimum absolute atomic E-state index is 0.00419. The van der Waals surface area contributed by atoms with Crippen LogP contribution in [-0.4, -0.2) is 47.7 Å². The average Bonchev–Trinajstić information content (AvgIpc) is 3.01. The molecule has 2 heterocycles. The largest absolute Gasteiger partial charge is 0.494 e. The second kappa shape index (κ2) is 6.85. The van der Waals surface area contributed by atoms with E-state index in [2.05, 4.69) is 0 Å². The summed E-state index contributed by atoms with van der Waals surface area (Å²) < 4.78 is 29.1. The highest BCUT2D eigenvalue weighted by molar-refractivity contribution is 8.26. The SMILES string of the molecule is CCOc1ccc(C=C2SC(=S)N(C3CCS(=O)(=O)C3)C2=O)cc1. The van der Waals surface area contributed by atoms with Crippen LogP contribution in [-0.2, 0) is 14.6 Å². The second-order valence-electron chi connectivity index (χ2n) is 5.61. The van der Waals surface area contributed by atoms with Crippen molar-refractivity contribution in [3.05, 3.63) is 34.7 Å². The van der Waals surface area contributed by atoms with Gasteiger partial charge in [-0.15, -0.1) is 0 Å². The van der Waals surface area contributed by atoms with Crippen molar-refractivity contribution >= 4 is 50.1 Å². The van der Waals surface area contributed by atoms with Crippen molar-refractivity contribution in [3.8, 4) is 5.75 Å². The van der Waals surface area contributed by atoms with Gasteiger partial charge in [0.1, 0.15) is 10.1 Å². The van der Waals surface area contributed by atoms with Gasteiger partial charge in [-0.1, -0.05) is 36.1 Å². The van der Waals surface area contributed by atoms with Gasteiger partial charge < -0.3 is 4.74 Å². The second-order valence-corrected chi connectivity index (χ2v) is 9.52. The van der Waals surface area contributed by atoms with E-state index in [0.29, 0.717) is 22.3 Å². The molecule has 1 unspecified atom stereocenters. The number of thioether (sulfide) groups is 1. The predicted octanol–water partition coefficient (Wildman–Crippen LogP) is 2.47. The zero-order valence-corrected chi connectivity index (χ0v) is 15.5. The Hall–Kier alpha value is -1.38. The number of thiocarbonyl (C=S) groups is 1. The van der Waals surface area contributed by atoms with Crippen LogP contribution in [0.15, 0.2) is 29.2 Å². The fourth-order valence-corrected chi connectivity index (χ4v) is 5.85. The summed E-state index contributed by atoms with van der Waals surface area (Å²) in [6, 6.07) is 7.10. The summed E-state index contributed by atoms with van der Waals surface area (Å²) in [6.45, 7) is 2.52. The Kier molecular flexibility index (Phi) is 4.98. The first-order valence-corrected chi connectivity index (χ1v) is 10.6. The zero-order valence-electron chi connectivity index (χ0n) is 13.1. The summed E-state index contributed by atoms with van der Waals surface area (Å²) in [5.41, 5.74) is 0.873. The molecule has 0 bridgehead atoms. The molecule has 0 radical (unpaired) electrons. The molecule has 2 fully saturated rings. The number of hydrogen-bond acceptors (Lipinski definition) is 6. The van der Waals surface area contributed by atoms with Gasteiger partial charge in [0.15, 0.2) is 9.84 Å². The molecule has 2 aliphatic rings. The molecule has 0 spiro atoms. The van der Waals surface area contributed by atoms with E-state index >= 15 is 0 Å². The molecule has 8 heteroatoms. The topological polar surface area (TPSA) is 63.7 Å². The van der Waals surface area contributed by atoms with Crippen molar-refractivity contribution in [2.45, 2.75) is 19.4 Å². The van der Waals surface area contributed by atoms with Crippen LogP contribution in [0.5, 0.6) is 5.75 Å². The molecule has 24 heavy (non-hydrogen) atoms. The Morgan fingerprint density at radius 1 is 1.38 bits per heavy atom. The number of amides is 1. The highest BCUT2D eigenvalue weighted by Gasteiger charge is 2.42. The van der Waals surface area contributed by atoms with E-state index in [1.807, 2.05) is 31.2 Å². The summed E-state index contributed by atoms with van der Waals surface area (Å²) in [5, 5.41) is 0. The lowest BCUT2D eigenvalue weighted by Crippen LogP contribution is -2.39. The fourth-order valence-electron chi connectivity index (χ4n) is 2.75. The van der Waals surface area contributed by atoms with Gasteiger partial charge in [-0.05, 0) is 37.1 Å². The lowest BCUT2D eigenvalue weighted by molar-refractivity contribution is -0.123. The van der Waals surface area contributed by atoms with Crippen molar-refractivity contribution < 1.29 is 17.9 Å². The number of rotatable bonds is 4. The smallest absolute Gasteiger partial charge is 0.266 e. The monoisotopic (exact) mass is 383 g/mol. The maximum absolute atomic E-state index is 12.6. The normalized spacial score (nSPS) is 24.8. The van der Waals surface area contributed by atoms with Crippen LogP contribution in [0.4, 0.5) is 0 Å². The summed E-state index contributed by atoms with van der Waals surface area (Å²) >= 11 is 6.51. The van der Waals surface area contributed by atoms with Crippen LogP contribution in [0.3, 0.4) is 0 Å². The van der Waals surface area contributed by atoms with Crippen LogP contribution in [0.2, 0.25) is 0 Å². The molecule has 2 aliphatic heterocycles. The minimum Gasteiger partial charge on any atom is -0.494 e. The molecular weight excluding hydrogens is 366 g/mol. The molecule has 1 amide bonds. The van der Waals surface area contributed by atoms with Crippen molar-refractivity contribution in [3.63, 3.8) is 0 Å². The molecule has 128 valence electrons. The number of hydrogen-bond donors (Lipinski definition) is 0.